The van der Waals surface area contributed by atoms with Gasteiger partial charge in [-0.05, 0) is 43.6 Å². The Balaban J connectivity index is 1.84. The van der Waals surface area contributed by atoms with Crippen LogP contribution in [0.3, 0.4) is 0 Å². The van der Waals surface area contributed by atoms with Crippen LogP contribution in [0.4, 0.5) is 0 Å². The largest absolute Gasteiger partial charge is 0.480 e. The number of esters is 1. The summed E-state index contributed by atoms with van der Waals surface area (Å²) in [6.45, 7) is 4.20. The van der Waals surface area contributed by atoms with Crippen molar-refractivity contribution in [3.05, 3.63) is 35.9 Å². The summed E-state index contributed by atoms with van der Waals surface area (Å²) < 4.78 is 5.44. The van der Waals surface area contributed by atoms with Crippen LogP contribution in [0.1, 0.15) is 141 Å². The van der Waals surface area contributed by atoms with Crippen LogP contribution >= 0.6 is 0 Å². The van der Waals surface area contributed by atoms with Crippen molar-refractivity contribution in [2.24, 2.45) is 23.0 Å². The van der Waals surface area contributed by atoms with Crippen molar-refractivity contribution in [2.45, 2.75) is 148 Å². The molecule has 232 valence electrons. The van der Waals surface area contributed by atoms with Gasteiger partial charge in [-0.1, -0.05) is 140 Å². The second kappa shape index (κ2) is 19.7. The predicted molar refractivity (Wildman–Crippen MR) is 165 cm³/mol. The second-order valence-corrected chi connectivity index (χ2v) is 12.3. The van der Waals surface area contributed by atoms with Crippen LogP contribution in [-0.2, 0) is 25.5 Å². The maximum absolute atomic E-state index is 12.9. The number of carboxylic acids is 1. The first kappa shape index (κ1) is 34.8. The normalized spacial score (nSPS) is 18.7. The van der Waals surface area contributed by atoms with Crippen molar-refractivity contribution in [3.63, 3.8) is 0 Å². The van der Waals surface area contributed by atoms with Gasteiger partial charge in [0.1, 0.15) is 11.5 Å². The third-order valence-electron chi connectivity index (χ3n) is 9.30. The highest BCUT2D eigenvalue weighted by molar-refractivity contribution is 6.01. The van der Waals surface area contributed by atoms with E-state index < -0.39 is 23.2 Å². The lowest BCUT2D eigenvalue weighted by Gasteiger charge is -2.41. The highest BCUT2D eigenvalue weighted by Gasteiger charge is 2.53. The van der Waals surface area contributed by atoms with E-state index >= 15 is 0 Å². The van der Waals surface area contributed by atoms with E-state index in [1.807, 2.05) is 37.3 Å². The van der Waals surface area contributed by atoms with Crippen LogP contribution in [0.2, 0.25) is 0 Å². The summed E-state index contributed by atoms with van der Waals surface area (Å²) in [6.07, 6.45) is 20.8. The first-order valence-electron chi connectivity index (χ1n) is 16.6. The summed E-state index contributed by atoms with van der Waals surface area (Å²) in [5, 5.41) is 10.4. The average molecular weight is 572 g/mol. The molecule has 1 aromatic rings. The number of nitrogens with two attached hydrogens (primary N) is 1. The van der Waals surface area contributed by atoms with E-state index in [2.05, 4.69) is 6.92 Å². The van der Waals surface area contributed by atoms with Crippen LogP contribution in [0, 0.1) is 17.3 Å². The molecule has 0 aliphatic carbocycles. The molecule has 0 saturated carbocycles. The van der Waals surface area contributed by atoms with Crippen LogP contribution in [0.5, 0.6) is 0 Å². The maximum Gasteiger partial charge on any atom is 0.319 e. The molecule has 6 nitrogen and oxygen atoms in total. The third-order valence-corrected chi connectivity index (χ3v) is 9.30. The van der Waals surface area contributed by atoms with E-state index in [4.69, 9.17) is 10.5 Å². The van der Waals surface area contributed by atoms with Crippen LogP contribution in [0.25, 0.3) is 0 Å². The van der Waals surface area contributed by atoms with Gasteiger partial charge in [-0.2, -0.15) is 0 Å². The SMILES string of the molecule is CCCCCCCCCCCCCCCCCC(C[C@@H]1OC(=O)[C@H]1CC)[C@@](CCc1ccccc1)(C(N)=O)C(=O)O. The molecule has 2 rings (SSSR count). The summed E-state index contributed by atoms with van der Waals surface area (Å²) in [6, 6.07) is 9.62. The topological polar surface area (TPSA) is 107 Å². The number of cyclic esters (lactones) is 1. The molecule has 0 radical (unpaired) electrons. The molecule has 0 spiro atoms. The quantitative estimate of drug-likeness (QED) is 0.0696. The van der Waals surface area contributed by atoms with Gasteiger partial charge in [0.2, 0.25) is 5.91 Å². The Bertz CT molecular complexity index is 872. The summed E-state index contributed by atoms with van der Waals surface area (Å²) in [4.78, 5) is 37.7. The van der Waals surface area contributed by atoms with Crippen molar-refractivity contribution in [1.82, 2.24) is 0 Å². The predicted octanol–water partition coefficient (Wildman–Crippen LogP) is 8.39. The fraction of sp³-hybridized carbons (Fsp3) is 0.743. The van der Waals surface area contributed by atoms with E-state index in [-0.39, 0.29) is 24.4 Å². The molecule has 3 N–H and O–H groups in total. The van der Waals surface area contributed by atoms with Crippen LogP contribution in [0.15, 0.2) is 30.3 Å². The molecule has 0 aromatic heterocycles. The Morgan fingerprint density at radius 3 is 1.80 bits per heavy atom. The molecule has 1 aliphatic rings. The van der Waals surface area contributed by atoms with E-state index in [1.54, 1.807) is 0 Å². The van der Waals surface area contributed by atoms with E-state index in [9.17, 15) is 19.5 Å². The van der Waals surface area contributed by atoms with E-state index in [0.29, 0.717) is 25.7 Å². The minimum Gasteiger partial charge on any atom is -0.480 e. The summed E-state index contributed by atoms with van der Waals surface area (Å²) in [5.41, 5.74) is 5.19. The standard InChI is InChI=1S/C35H57NO5/c1-3-5-6-7-8-9-10-11-12-13-14-15-16-17-21-24-29(27-31-30(4-2)32(37)41-31)35(33(36)38,34(39)40)26-25-28-22-19-18-20-23-28/h18-20,22-23,29-31H,3-17,21,24-27H2,1-2H3,(H2,36,38)(H,39,40)/t29?,30-,31-,35-/m0/s1. The van der Waals surface area contributed by atoms with Gasteiger partial charge in [0, 0.05) is 0 Å². The number of ether oxygens (including phenoxy) is 1. The van der Waals surface area contributed by atoms with Gasteiger partial charge in [0.05, 0.1) is 5.92 Å². The van der Waals surface area contributed by atoms with Crippen molar-refractivity contribution < 1.29 is 24.2 Å². The molecule has 4 atom stereocenters. The van der Waals surface area contributed by atoms with Crippen molar-refractivity contribution in [1.29, 1.82) is 0 Å². The van der Waals surface area contributed by atoms with Gasteiger partial charge in [0.15, 0.2) is 0 Å². The Kier molecular flexibility index (Phi) is 16.7. The second-order valence-electron chi connectivity index (χ2n) is 12.3. The Morgan fingerprint density at radius 1 is 0.854 bits per heavy atom. The molecule has 6 heteroatoms. The summed E-state index contributed by atoms with van der Waals surface area (Å²) in [7, 11) is 0. The Labute approximate surface area is 249 Å². The molecular weight excluding hydrogens is 514 g/mol. The number of carboxylic acid groups (broad SMARTS) is 1. The fourth-order valence-corrected chi connectivity index (χ4v) is 6.55. The van der Waals surface area contributed by atoms with Gasteiger partial charge in [0.25, 0.3) is 0 Å². The van der Waals surface area contributed by atoms with Crippen LogP contribution in [-0.4, -0.2) is 29.1 Å². The lowest BCUT2D eigenvalue weighted by atomic mass is 9.65. The monoisotopic (exact) mass is 571 g/mol. The number of carbonyl (C=O) groups excluding carboxylic acids is 2. The summed E-state index contributed by atoms with van der Waals surface area (Å²) >= 11 is 0. The molecule has 1 amide bonds. The maximum atomic E-state index is 12.9. The fourth-order valence-electron chi connectivity index (χ4n) is 6.55. The molecule has 1 aliphatic heterocycles. The Hall–Kier alpha value is -2.37. The van der Waals surface area contributed by atoms with Crippen molar-refractivity contribution in [3.8, 4) is 0 Å². The molecule has 1 fully saturated rings. The van der Waals surface area contributed by atoms with Gasteiger partial charge < -0.3 is 15.6 Å². The number of unbranched alkanes of at least 4 members (excludes halogenated alkanes) is 14. The van der Waals surface area contributed by atoms with Gasteiger partial charge in [-0.15, -0.1) is 0 Å². The number of carbonyl (C=O) groups is 3. The highest BCUT2D eigenvalue weighted by Crippen LogP contribution is 2.43. The Morgan fingerprint density at radius 2 is 1.37 bits per heavy atom. The number of aliphatic carboxylic acids is 1. The molecule has 1 unspecified atom stereocenters. The first-order chi connectivity index (χ1) is 19.9. The number of benzene rings is 1. The molecule has 0 bridgehead atoms. The highest BCUT2D eigenvalue weighted by atomic mass is 16.6. The van der Waals surface area contributed by atoms with Crippen molar-refractivity contribution >= 4 is 17.8 Å². The number of hydrogen-bond acceptors (Lipinski definition) is 4. The molecule has 1 aromatic carbocycles. The molecule has 41 heavy (non-hydrogen) atoms. The van der Waals surface area contributed by atoms with Gasteiger partial charge in [-0.3, -0.25) is 14.4 Å². The lowest BCUT2D eigenvalue weighted by Crippen LogP contribution is -2.53. The minimum absolute atomic E-state index is 0.141. The zero-order valence-corrected chi connectivity index (χ0v) is 25.9. The third kappa shape index (κ3) is 11.4. The number of rotatable bonds is 25. The van der Waals surface area contributed by atoms with E-state index in [1.165, 1.54) is 77.0 Å². The minimum atomic E-state index is -1.69. The average Bonchev–Trinajstić information content (AvgIpc) is 2.95. The number of amides is 1. The zero-order chi connectivity index (χ0) is 29.9. The molecule has 1 heterocycles. The molecule has 1 saturated heterocycles. The number of primary amides is 1. The summed E-state index contributed by atoms with van der Waals surface area (Å²) in [5.74, 6) is -2.88. The van der Waals surface area contributed by atoms with E-state index in [0.717, 1.165) is 24.8 Å². The zero-order valence-electron chi connectivity index (χ0n) is 25.9. The van der Waals surface area contributed by atoms with Gasteiger partial charge in [-0.25, -0.2) is 0 Å². The smallest absolute Gasteiger partial charge is 0.319 e. The number of hydrogen-bond donors (Lipinski definition) is 2. The molecular formula is C35H57NO5. The lowest BCUT2D eigenvalue weighted by molar-refractivity contribution is -0.189. The number of aryl methyl sites for hydroxylation is 1. The van der Waals surface area contributed by atoms with Gasteiger partial charge >= 0.3 is 11.9 Å². The first-order valence-corrected chi connectivity index (χ1v) is 16.6. The van der Waals surface area contributed by atoms with Crippen molar-refractivity contribution in [2.75, 3.05) is 0 Å². The van der Waals surface area contributed by atoms with Crippen LogP contribution < -0.4 is 5.73 Å².